The van der Waals surface area contributed by atoms with Crippen LogP contribution in [0, 0.1) is 0 Å². The van der Waals surface area contributed by atoms with E-state index in [-0.39, 0.29) is 11.8 Å². The number of likely N-dealkylation sites (N-methyl/N-ethyl adjacent to an activating group) is 1. The number of thioether (sulfide) groups is 1. The Morgan fingerprint density at radius 2 is 1.79 bits per heavy atom. The number of nitrogens with one attached hydrogen (secondary N) is 1. The Morgan fingerprint density at radius 3 is 2.48 bits per heavy atom. The average molecular weight is 437 g/mol. The molecule has 2 heterocycles. The van der Waals surface area contributed by atoms with E-state index in [4.69, 9.17) is 11.6 Å². The van der Waals surface area contributed by atoms with Gasteiger partial charge in [0.25, 0.3) is 5.91 Å². The zero-order chi connectivity index (χ0) is 20.8. The number of carbonyl (C=O) groups excluding carboxylic acids is 2. The molecule has 1 saturated heterocycles. The molecule has 1 aromatic carbocycles. The van der Waals surface area contributed by atoms with E-state index < -0.39 is 0 Å². The van der Waals surface area contributed by atoms with Crippen LogP contribution >= 0.6 is 23.4 Å². The Bertz CT molecular complexity index is 849. The number of aromatic nitrogens is 3. The van der Waals surface area contributed by atoms with Gasteiger partial charge in [-0.15, -0.1) is 10.2 Å². The Balaban J connectivity index is 1.44. The molecule has 1 N–H and O–H groups in total. The van der Waals surface area contributed by atoms with Crippen molar-refractivity contribution in [3.63, 3.8) is 0 Å². The smallest absolute Gasteiger partial charge is 0.251 e. The number of nitrogens with zero attached hydrogens (tertiary/aromatic N) is 5. The molecule has 29 heavy (non-hydrogen) atoms. The first-order chi connectivity index (χ1) is 13.9. The maximum Gasteiger partial charge on any atom is 0.251 e. The van der Waals surface area contributed by atoms with Crippen molar-refractivity contribution < 1.29 is 9.59 Å². The third kappa shape index (κ3) is 5.94. The second-order valence-corrected chi connectivity index (χ2v) is 8.32. The molecule has 0 aliphatic carbocycles. The van der Waals surface area contributed by atoms with Gasteiger partial charge in [0.15, 0.2) is 5.16 Å². The van der Waals surface area contributed by atoms with E-state index in [0.717, 1.165) is 32.0 Å². The van der Waals surface area contributed by atoms with Crippen LogP contribution in [0.3, 0.4) is 0 Å². The zero-order valence-corrected chi connectivity index (χ0v) is 18.2. The minimum absolute atomic E-state index is 0.128. The number of benzene rings is 1. The summed E-state index contributed by atoms with van der Waals surface area (Å²) in [4.78, 5) is 28.6. The van der Waals surface area contributed by atoms with E-state index in [1.807, 2.05) is 16.5 Å². The van der Waals surface area contributed by atoms with Gasteiger partial charge in [0.05, 0.1) is 5.75 Å². The van der Waals surface area contributed by atoms with E-state index in [1.165, 1.54) is 11.8 Å². The van der Waals surface area contributed by atoms with Crippen LogP contribution in [0.15, 0.2) is 29.4 Å². The largest absolute Gasteiger partial charge is 0.352 e. The molecular weight excluding hydrogens is 412 g/mol. The summed E-state index contributed by atoms with van der Waals surface area (Å²) < 4.78 is 1.87. The fourth-order valence-corrected chi connectivity index (χ4v) is 3.91. The second-order valence-electron chi connectivity index (χ2n) is 6.94. The molecule has 3 rings (SSSR count). The SMILES string of the molecule is CN1CCN(C(=O)CSc2nnc(CCNC(=O)c3ccc(Cl)cc3)n2C)CC1. The minimum Gasteiger partial charge on any atom is -0.352 e. The molecule has 1 aliphatic heterocycles. The van der Waals surface area contributed by atoms with Crippen molar-refractivity contribution in [2.45, 2.75) is 11.6 Å². The number of carbonyl (C=O) groups is 2. The van der Waals surface area contributed by atoms with Crippen LogP contribution in [0.25, 0.3) is 0 Å². The van der Waals surface area contributed by atoms with Crippen molar-refractivity contribution >= 4 is 35.2 Å². The molecule has 0 atom stereocenters. The van der Waals surface area contributed by atoms with Gasteiger partial charge in [0.2, 0.25) is 5.91 Å². The van der Waals surface area contributed by atoms with Gasteiger partial charge in [-0.05, 0) is 31.3 Å². The van der Waals surface area contributed by atoms with Crippen LogP contribution in [0.4, 0.5) is 0 Å². The summed E-state index contributed by atoms with van der Waals surface area (Å²) >= 11 is 7.23. The first-order valence-corrected chi connectivity index (χ1v) is 10.8. The number of halogens is 1. The predicted molar refractivity (Wildman–Crippen MR) is 113 cm³/mol. The molecular formula is C19H25ClN6O2S. The van der Waals surface area contributed by atoms with Crippen LogP contribution in [-0.2, 0) is 18.3 Å². The number of amides is 2. The average Bonchev–Trinajstić information content (AvgIpc) is 3.07. The summed E-state index contributed by atoms with van der Waals surface area (Å²) in [6.45, 7) is 3.80. The summed E-state index contributed by atoms with van der Waals surface area (Å²) in [6.07, 6.45) is 0.551. The van der Waals surface area contributed by atoms with E-state index >= 15 is 0 Å². The molecule has 0 bridgehead atoms. The minimum atomic E-state index is -0.156. The summed E-state index contributed by atoms with van der Waals surface area (Å²) in [6, 6.07) is 6.75. The maximum atomic E-state index is 12.4. The number of rotatable bonds is 7. The molecule has 0 spiro atoms. The van der Waals surface area contributed by atoms with Crippen molar-refractivity contribution in [2.75, 3.05) is 45.5 Å². The lowest BCUT2D eigenvalue weighted by molar-refractivity contribution is -0.129. The molecule has 2 amide bonds. The molecule has 0 saturated carbocycles. The van der Waals surface area contributed by atoms with Crippen molar-refractivity contribution in [3.8, 4) is 0 Å². The van der Waals surface area contributed by atoms with Crippen LogP contribution in [-0.4, -0.2) is 81.9 Å². The Labute approximate surface area is 179 Å². The third-order valence-corrected chi connectivity index (χ3v) is 6.10. The lowest BCUT2D eigenvalue weighted by atomic mass is 10.2. The highest BCUT2D eigenvalue weighted by molar-refractivity contribution is 7.99. The van der Waals surface area contributed by atoms with Crippen molar-refractivity contribution in [3.05, 3.63) is 40.7 Å². The van der Waals surface area contributed by atoms with Crippen LogP contribution in [0.1, 0.15) is 16.2 Å². The van der Waals surface area contributed by atoms with Gasteiger partial charge in [-0.25, -0.2) is 0 Å². The quantitative estimate of drug-likeness (QED) is 0.659. The highest BCUT2D eigenvalue weighted by Gasteiger charge is 2.20. The Morgan fingerprint density at radius 1 is 1.10 bits per heavy atom. The van der Waals surface area contributed by atoms with Gasteiger partial charge < -0.3 is 19.7 Å². The molecule has 0 unspecified atom stereocenters. The lowest BCUT2D eigenvalue weighted by Crippen LogP contribution is -2.47. The summed E-state index contributed by atoms with van der Waals surface area (Å²) in [5.74, 6) is 1.08. The first kappa shape index (κ1) is 21.6. The molecule has 0 radical (unpaired) electrons. The summed E-state index contributed by atoms with van der Waals surface area (Å²) in [5.41, 5.74) is 0.561. The number of hydrogen-bond acceptors (Lipinski definition) is 6. The summed E-state index contributed by atoms with van der Waals surface area (Å²) in [7, 11) is 3.94. The zero-order valence-electron chi connectivity index (χ0n) is 16.6. The van der Waals surface area contributed by atoms with E-state index in [0.29, 0.717) is 34.5 Å². The van der Waals surface area contributed by atoms with Crippen LogP contribution < -0.4 is 5.32 Å². The van der Waals surface area contributed by atoms with E-state index in [2.05, 4.69) is 27.5 Å². The van der Waals surface area contributed by atoms with E-state index in [1.54, 1.807) is 24.3 Å². The Kier molecular flexibility index (Phi) is 7.51. The van der Waals surface area contributed by atoms with Gasteiger partial charge in [-0.3, -0.25) is 9.59 Å². The van der Waals surface area contributed by atoms with Gasteiger partial charge in [-0.2, -0.15) is 0 Å². The second kappa shape index (κ2) is 10.1. The summed E-state index contributed by atoms with van der Waals surface area (Å²) in [5, 5.41) is 12.5. The van der Waals surface area contributed by atoms with Gasteiger partial charge in [0, 0.05) is 56.8 Å². The monoisotopic (exact) mass is 436 g/mol. The highest BCUT2D eigenvalue weighted by atomic mass is 35.5. The molecule has 2 aromatic rings. The maximum absolute atomic E-state index is 12.4. The van der Waals surface area contributed by atoms with Gasteiger partial charge in [-0.1, -0.05) is 23.4 Å². The fourth-order valence-electron chi connectivity index (χ4n) is 2.95. The fraction of sp³-hybridized carbons (Fsp3) is 0.474. The number of piperazine rings is 1. The van der Waals surface area contributed by atoms with Crippen molar-refractivity contribution in [1.29, 1.82) is 0 Å². The molecule has 156 valence electrons. The van der Waals surface area contributed by atoms with E-state index in [9.17, 15) is 9.59 Å². The lowest BCUT2D eigenvalue weighted by Gasteiger charge is -2.32. The molecule has 8 nitrogen and oxygen atoms in total. The van der Waals surface area contributed by atoms with Crippen molar-refractivity contribution in [1.82, 2.24) is 29.9 Å². The molecule has 1 aromatic heterocycles. The van der Waals surface area contributed by atoms with Crippen LogP contribution in [0.5, 0.6) is 0 Å². The predicted octanol–water partition coefficient (Wildman–Crippen LogP) is 1.31. The van der Waals surface area contributed by atoms with Crippen molar-refractivity contribution in [2.24, 2.45) is 7.05 Å². The molecule has 1 fully saturated rings. The van der Waals surface area contributed by atoms with Crippen LogP contribution in [0.2, 0.25) is 5.02 Å². The normalized spacial score (nSPS) is 14.8. The topological polar surface area (TPSA) is 83.4 Å². The first-order valence-electron chi connectivity index (χ1n) is 9.45. The number of hydrogen-bond donors (Lipinski definition) is 1. The highest BCUT2D eigenvalue weighted by Crippen LogP contribution is 2.17. The molecule has 1 aliphatic rings. The standard InChI is InChI=1S/C19H25ClN6O2S/c1-24-9-11-26(12-10-24)17(27)13-29-19-23-22-16(25(19)2)7-8-21-18(28)14-3-5-15(20)6-4-14/h3-6H,7-13H2,1-2H3,(H,21,28). The molecule has 10 heteroatoms. The Hall–Kier alpha value is -2.10. The third-order valence-electron chi connectivity index (χ3n) is 4.85. The van der Waals surface area contributed by atoms with Gasteiger partial charge >= 0.3 is 0 Å². The van der Waals surface area contributed by atoms with Gasteiger partial charge in [0.1, 0.15) is 5.82 Å².